The van der Waals surface area contributed by atoms with Gasteiger partial charge in [0, 0.05) is 22.7 Å². The van der Waals surface area contributed by atoms with Crippen molar-refractivity contribution >= 4 is 45.1 Å². The lowest BCUT2D eigenvalue weighted by Gasteiger charge is -2.24. The summed E-state index contributed by atoms with van der Waals surface area (Å²) in [5, 5.41) is 10.5. The van der Waals surface area contributed by atoms with E-state index < -0.39 is 11.8 Å². The third kappa shape index (κ3) is 4.68. The largest absolute Gasteiger partial charge is 0.478 e. The van der Waals surface area contributed by atoms with Gasteiger partial charge in [-0.3, -0.25) is 0 Å². The Bertz CT molecular complexity index is 1050. The Balaban J connectivity index is 2.21. The molecule has 0 radical (unpaired) electrons. The summed E-state index contributed by atoms with van der Waals surface area (Å²) < 4.78 is 16.3. The van der Waals surface area contributed by atoms with Crippen molar-refractivity contribution in [3.63, 3.8) is 0 Å². The Morgan fingerprint density at radius 1 is 1.14 bits per heavy atom. The van der Waals surface area contributed by atoms with Crippen molar-refractivity contribution in [2.75, 3.05) is 0 Å². The molecule has 7 heteroatoms. The molecular weight excluding hydrogens is 480 g/mol. The lowest BCUT2D eigenvalue weighted by molar-refractivity contribution is 0.0695. The van der Waals surface area contributed by atoms with Crippen LogP contribution in [0.25, 0.3) is 0 Å². The van der Waals surface area contributed by atoms with Crippen LogP contribution in [-0.4, -0.2) is 15.6 Å². The molecule has 1 unspecified atom stereocenters. The van der Waals surface area contributed by atoms with Crippen LogP contribution in [0.3, 0.4) is 0 Å². The van der Waals surface area contributed by atoms with Crippen LogP contribution in [0.4, 0.5) is 4.39 Å². The Morgan fingerprint density at radius 3 is 2.34 bits per heavy atom. The van der Waals surface area contributed by atoms with Gasteiger partial charge in [0.1, 0.15) is 5.82 Å². The van der Waals surface area contributed by atoms with E-state index in [9.17, 15) is 14.3 Å². The summed E-state index contributed by atoms with van der Waals surface area (Å²) >= 11 is 15.5. The van der Waals surface area contributed by atoms with E-state index in [1.807, 2.05) is 30.5 Å². The van der Waals surface area contributed by atoms with Gasteiger partial charge in [0.05, 0.1) is 15.2 Å². The zero-order valence-electron chi connectivity index (χ0n) is 15.8. The quantitative estimate of drug-likeness (QED) is 0.386. The first kappa shape index (κ1) is 21.9. The minimum Gasteiger partial charge on any atom is -0.478 e. The van der Waals surface area contributed by atoms with Crippen LogP contribution in [0.15, 0.2) is 53.1 Å². The zero-order valence-corrected chi connectivity index (χ0v) is 18.9. The van der Waals surface area contributed by atoms with E-state index in [2.05, 4.69) is 15.9 Å². The number of carbonyl (C=O) groups is 1. The van der Waals surface area contributed by atoms with E-state index in [1.54, 1.807) is 30.3 Å². The van der Waals surface area contributed by atoms with Gasteiger partial charge in [0.15, 0.2) is 0 Å². The van der Waals surface area contributed by atoms with E-state index in [-0.39, 0.29) is 22.5 Å². The molecule has 1 aromatic heterocycles. The average Bonchev–Trinajstić information content (AvgIpc) is 3.01. The van der Waals surface area contributed by atoms with Crippen LogP contribution in [0.5, 0.6) is 0 Å². The van der Waals surface area contributed by atoms with Crippen molar-refractivity contribution in [2.24, 2.45) is 0 Å². The van der Waals surface area contributed by atoms with Gasteiger partial charge in [-0.15, -0.1) is 0 Å². The van der Waals surface area contributed by atoms with Crippen LogP contribution in [0.1, 0.15) is 53.0 Å². The van der Waals surface area contributed by atoms with Crippen molar-refractivity contribution in [3.05, 3.63) is 91.4 Å². The topological polar surface area (TPSA) is 42.2 Å². The van der Waals surface area contributed by atoms with Crippen molar-refractivity contribution in [1.82, 2.24) is 4.57 Å². The van der Waals surface area contributed by atoms with Gasteiger partial charge >= 0.3 is 5.97 Å². The lowest BCUT2D eigenvalue weighted by atomic mass is 9.87. The number of nitrogens with zero attached hydrogens (tertiary/aromatic N) is 1. The minimum absolute atomic E-state index is 0.0269. The van der Waals surface area contributed by atoms with Gasteiger partial charge in [0.2, 0.25) is 0 Å². The third-order valence-electron chi connectivity index (χ3n) is 4.80. The molecule has 0 aliphatic heterocycles. The van der Waals surface area contributed by atoms with Gasteiger partial charge in [-0.1, -0.05) is 41.4 Å². The lowest BCUT2D eigenvalue weighted by Crippen LogP contribution is -2.17. The Kier molecular flexibility index (Phi) is 6.72. The zero-order chi connectivity index (χ0) is 21.3. The van der Waals surface area contributed by atoms with Crippen LogP contribution < -0.4 is 0 Å². The van der Waals surface area contributed by atoms with Gasteiger partial charge in [0.25, 0.3) is 0 Å². The molecule has 0 saturated heterocycles. The molecule has 29 heavy (non-hydrogen) atoms. The standard InChI is InChI=1S/C22H19BrCl2FNO2/c1-12(2)27-20(23)11-17(22(28)29)21(27)16(14-4-6-15(24)7-5-14)9-13-3-8-19(26)18(25)10-13/h3-8,10-12,16H,9H2,1-2H3,(H,28,29). The second-order valence-electron chi connectivity index (χ2n) is 7.09. The van der Waals surface area contributed by atoms with Gasteiger partial charge in [-0.05, 0) is 77.7 Å². The predicted molar refractivity (Wildman–Crippen MR) is 118 cm³/mol. The number of hydrogen-bond acceptors (Lipinski definition) is 1. The van der Waals surface area contributed by atoms with Crippen LogP contribution >= 0.6 is 39.1 Å². The second-order valence-corrected chi connectivity index (χ2v) is 8.75. The monoisotopic (exact) mass is 497 g/mol. The summed E-state index contributed by atoms with van der Waals surface area (Å²) in [6.45, 7) is 3.99. The molecule has 0 spiro atoms. The van der Waals surface area contributed by atoms with Crippen molar-refractivity contribution in [2.45, 2.75) is 32.2 Å². The van der Waals surface area contributed by atoms with E-state index >= 15 is 0 Å². The minimum atomic E-state index is -1.00. The number of aromatic carboxylic acids is 1. The fraction of sp³-hybridized carbons (Fsp3) is 0.227. The van der Waals surface area contributed by atoms with Crippen molar-refractivity contribution < 1.29 is 14.3 Å². The average molecular weight is 499 g/mol. The normalized spacial score (nSPS) is 12.4. The summed E-state index contributed by atoms with van der Waals surface area (Å²) in [7, 11) is 0. The molecule has 2 aromatic carbocycles. The highest BCUT2D eigenvalue weighted by Gasteiger charge is 2.28. The number of rotatable bonds is 6. The first-order valence-electron chi connectivity index (χ1n) is 9.02. The predicted octanol–water partition coefficient (Wildman–Crippen LogP) is 7.35. The maximum Gasteiger partial charge on any atom is 0.337 e. The molecule has 1 heterocycles. The number of carboxylic acids is 1. The summed E-state index contributed by atoms with van der Waals surface area (Å²) in [5.41, 5.74) is 2.60. The fourth-order valence-corrected chi connectivity index (χ4v) is 4.69. The summed E-state index contributed by atoms with van der Waals surface area (Å²) in [6.07, 6.45) is 0.449. The highest BCUT2D eigenvalue weighted by atomic mass is 79.9. The number of benzene rings is 2. The van der Waals surface area contributed by atoms with Crippen molar-refractivity contribution in [3.8, 4) is 0 Å². The van der Waals surface area contributed by atoms with Crippen LogP contribution in [0.2, 0.25) is 10.0 Å². The molecule has 0 aliphatic carbocycles. The molecule has 1 N–H and O–H groups in total. The molecule has 3 rings (SSSR count). The van der Waals surface area contributed by atoms with Gasteiger partial charge in [-0.25, -0.2) is 9.18 Å². The van der Waals surface area contributed by atoms with E-state index in [0.29, 0.717) is 21.7 Å². The maximum absolute atomic E-state index is 13.6. The Labute approximate surface area is 187 Å². The molecule has 0 saturated carbocycles. The molecule has 0 bridgehead atoms. The Morgan fingerprint density at radius 2 is 1.79 bits per heavy atom. The van der Waals surface area contributed by atoms with Gasteiger partial charge < -0.3 is 9.67 Å². The van der Waals surface area contributed by atoms with E-state index in [4.69, 9.17) is 23.2 Å². The number of hydrogen-bond donors (Lipinski definition) is 1. The summed E-state index contributed by atoms with van der Waals surface area (Å²) in [5.74, 6) is -1.79. The fourth-order valence-electron chi connectivity index (χ4n) is 3.53. The number of aromatic nitrogens is 1. The Hall–Kier alpha value is -1.82. The first-order chi connectivity index (χ1) is 13.7. The molecule has 3 aromatic rings. The molecule has 152 valence electrons. The smallest absolute Gasteiger partial charge is 0.337 e. The molecule has 0 aliphatic rings. The van der Waals surface area contributed by atoms with Crippen LogP contribution in [-0.2, 0) is 6.42 Å². The maximum atomic E-state index is 13.6. The van der Waals surface area contributed by atoms with E-state index in [1.165, 1.54) is 6.07 Å². The number of carboxylic acid groups (broad SMARTS) is 1. The van der Waals surface area contributed by atoms with Gasteiger partial charge in [-0.2, -0.15) is 0 Å². The third-order valence-corrected chi connectivity index (χ3v) is 5.95. The summed E-state index contributed by atoms with van der Waals surface area (Å²) in [6, 6.07) is 13.5. The van der Waals surface area contributed by atoms with E-state index in [0.717, 1.165) is 11.1 Å². The SMILES string of the molecule is CC(C)n1c(Br)cc(C(=O)O)c1C(Cc1ccc(F)c(Cl)c1)c1ccc(Cl)cc1. The second kappa shape index (κ2) is 8.90. The highest BCUT2D eigenvalue weighted by molar-refractivity contribution is 9.10. The highest BCUT2D eigenvalue weighted by Crippen LogP contribution is 2.37. The molecule has 0 fully saturated rings. The van der Waals surface area contributed by atoms with Crippen LogP contribution in [0, 0.1) is 5.82 Å². The molecule has 3 nitrogen and oxygen atoms in total. The molecule has 0 amide bonds. The number of halogens is 4. The van der Waals surface area contributed by atoms with Crippen molar-refractivity contribution in [1.29, 1.82) is 0 Å². The molecular formula is C22H19BrCl2FNO2. The first-order valence-corrected chi connectivity index (χ1v) is 10.6. The molecule has 1 atom stereocenters. The summed E-state index contributed by atoms with van der Waals surface area (Å²) in [4.78, 5) is 12.0.